The lowest BCUT2D eigenvalue weighted by molar-refractivity contribution is 0.0696. The molecule has 1 fully saturated rings. The number of carbonyl (C=O) groups is 1. The first-order valence-corrected chi connectivity index (χ1v) is 6.60. The van der Waals surface area contributed by atoms with Gasteiger partial charge in [-0.15, -0.1) is 0 Å². The topological polar surface area (TPSA) is 77.5 Å². The van der Waals surface area contributed by atoms with Crippen LogP contribution >= 0.6 is 11.6 Å². The number of nitrogens with one attached hydrogen (secondary N) is 2. The van der Waals surface area contributed by atoms with Gasteiger partial charge in [0.1, 0.15) is 5.82 Å². The SMILES string of the molecule is O=C(O)c1cnc(NCCN2CCNCC2)c(Cl)c1. The lowest BCUT2D eigenvalue weighted by Crippen LogP contribution is -2.45. The summed E-state index contributed by atoms with van der Waals surface area (Å²) in [5.41, 5.74) is 0.0951. The van der Waals surface area contributed by atoms with Gasteiger partial charge in [-0.3, -0.25) is 4.90 Å². The lowest BCUT2D eigenvalue weighted by atomic mass is 10.3. The minimum Gasteiger partial charge on any atom is -0.478 e. The molecule has 0 unspecified atom stereocenters. The van der Waals surface area contributed by atoms with Crippen molar-refractivity contribution in [1.29, 1.82) is 0 Å². The molecule has 0 bridgehead atoms. The van der Waals surface area contributed by atoms with Crippen LogP contribution in [0.15, 0.2) is 12.3 Å². The molecule has 1 aliphatic rings. The Bertz CT molecular complexity index is 449. The predicted molar refractivity (Wildman–Crippen MR) is 74.0 cm³/mol. The summed E-state index contributed by atoms with van der Waals surface area (Å²) in [5.74, 6) is -0.497. The second kappa shape index (κ2) is 6.70. The van der Waals surface area contributed by atoms with Crippen LogP contribution in [0.4, 0.5) is 5.82 Å². The molecule has 0 atom stereocenters. The number of anilines is 1. The maximum absolute atomic E-state index is 10.8. The summed E-state index contributed by atoms with van der Waals surface area (Å²) in [4.78, 5) is 17.1. The fraction of sp³-hybridized carbons (Fsp3) is 0.500. The van der Waals surface area contributed by atoms with Gasteiger partial charge in [-0.2, -0.15) is 0 Å². The van der Waals surface area contributed by atoms with Gasteiger partial charge in [0.25, 0.3) is 0 Å². The normalized spacial score (nSPS) is 16.3. The molecule has 0 aromatic carbocycles. The molecular weight excluding hydrogens is 268 g/mol. The van der Waals surface area contributed by atoms with Crippen molar-refractivity contribution in [3.05, 3.63) is 22.8 Å². The molecule has 0 aliphatic carbocycles. The number of aromatic carboxylic acids is 1. The Morgan fingerprint density at radius 3 is 2.89 bits per heavy atom. The Kier molecular flexibility index (Phi) is 4.95. The van der Waals surface area contributed by atoms with Gasteiger partial charge in [-0.25, -0.2) is 9.78 Å². The number of hydrogen-bond donors (Lipinski definition) is 3. The highest BCUT2D eigenvalue weighted by atomic mass is 35.5. The number of halogens is 1. The first-order valence-electron chi connectivity index (χ1n) is 6.22. The third kappa shape index (κ3) is 4.05. The van der Waals surface area contributed by atoms with Crippen LogP contribution in [0.3, 0.4) is 0 Å². The Balaban J connectivity index is 1.83. The molecule has 2 rings (SSSR count). The molecule has 0 saturated carbocycles. The molecule has 1 aliphatic heterocycles. The zero-order chi connectivity index (χ0) is 13.7. The molecule has 7 heteroatoms. The monoisotopic (exact) mass is 284 g/mol. The van der Waals surface area contributed by atoms with E-state index in [-0.39, 0.29) is 5.56 Å². The first-order chi connectivity index (χ1) is 9.16. The quantitative estimate of drug-likeness (QED) is 0.741. The maximum Gasteiger partial charge on any atom is 0.337 e. The number of aromatic nitrogens is 1. The van der Waals surface area contributed by atoms with Crippen molar-refractivity contribution in [3.8, 4) is 0 Å². The van der Waals surface area contributed by atoms with E-state index >= 15 is 0 Å². The Morgan fingerprint density at radius 1 is 1.53 bits per heavy atom. The third-order valence-corrected chi connectivity index (χ3v) is 3.31. The summed E-state index contributed by atoms with van der Waals surface area (Å²) < 4.78 is 0. The van der Waals surface area contributed by atoms with Crippen molar-refractivity contribution in [3.63, 3.8) is 0 Å². The first kappa shape index (κ1) is 14.0. The van der Waals surface area contributed by atoms with Gasteiger partial charge in [-0.05, 0) is 6.07 Å². The van der Waals surface area contributed by atoms with Gasteiger partial charge in [-0.1, -0.05) is 11.6 Å². The van der Waals surface area contributed by atoms with Crippen molar-refractivity contribution in [2.45, 2.75) is 0 Å². The zero-order valence-electron chi connectivity index (χ0n) is 10.5. The van der Waals surface area contributed by atoms with Gasteiger partial charge in [0.15, 0.2) is 0 Å². The summed E-state index contributed by atoms with van der Waals surface area (Å²) in [5, 5.41) is 15.6. The lowest BCUT2D eigenvalue weighted by Gasteiger charge is -2.27. The van der Waals surface area contributed by atoms with Crippen LogP contribution in [-0.2, 0) is 0 Å². The Morgan fingerprint density at radius 2 is 2.26 bits per heavy atom. The van der Waals surface area contributed by atoms with E-state index in [0.717, 1.165) is 39.3 Å². The molecule has 0 spiro atoms. The van der Waals surface area contributed by atoms with E-state index in [1.54, 1.807) is 0 Å². The van der Waals surface area contributed by atoms with Crippen molar-refractivity contribution in [2.24, 2.45) is 0 Å². The van der Waals surface area contributed by atoms with Gasteiger partial charge in [0.05, 0.1) is 10.6 Å². The third-order valence-electron chi connectivity index (χ3n) is 3.02. The highest BCUT2D eigenvalue weighted by Crippen LogP contribution is 2.19. The molecule has 2 heterocycles. The molecule has 0 amide bonds. The molecular formula is C12H17ClN4O2. The Labute approximate surface area is 116 Å². The second-order valence-corrected chi connectivity index (χ2v) is 4.79. The minimum absolute atomic E-state index is 0.0951. The van der Waals surface area contributed by atoms with Crippen molar-refractivity contribution in [1.82, 2.24) is 15.2 Å². The van der Waals surface area contributed by atoms with Crippen LogP contribution in [0.1, 0.15) is 10.4 Å². The summed E-state index contributed by atoms with van der Waals surface area (Å²) in [6.45, 7) is 5.78. The smallest absolute Gasteiger partial charge is 0.337 e. The molecule has 1 saturated heterocycles. The average molecular weight is 285 g/mol. The molecule has 0 radical (unpaired) electrons. The summed E-state index contributed by atoms with van der Waals surface area (Å²) in [6, 6.07) is 1.41. The number of piperazine rings is 1. The fourth-order valence-corrected chi connectivity index (χ4v) is 2.19. The van der Waals surface area contributed by atoms with Crippen molar-refractivity contribution >= 4 is 23.4 Å². The van der Waals surface area contributed by atoms with Gasteiger partial charge in [0.2, 0.25) is 0 Å². The number of carboxylic acid groups (broad SMARTS) is 1. The van der Waals surface area contributed by atoms with E-state index in [0.29, 0.717) is 10.8 Å². The van der Waals surface area contributed by atoms with Crippen LogP contribution in [0, 0.1) is 0 Å². The largest absolute Gasteiger partial charge is 0.478 e. The van der Waals surface area contributed by atoms with Crippen molar-refractivity contribution < 1.29 is 9.90 Å². The van der Waals surface area contributed by atoms with E-state index in [2.05, 4.69) is 20.5 Å². The molecule has 6 nitrogen and oxygen atoms in total. The average Bonchev–Trinajstić information content (AvgIpc) is 2.41. The maximum atomic E-state index is 10.8. The number of carboxylic acids is 1. The highest BCUT2D eigenvalue weighted by molar-refractivity contribution is 6.33. The van der Waals surface area contributed by atoms with Crippen LogP contribution in [0.5, 0.6) is 0 Å². The van der Waals surface area contributed by atoms with Gasteiger partial charge >= 0.3 is 5.97 Å². The standard InChI is InChI=1S/C12H17ClN4O2/c13-10-7-9(12(18)19)8-16-11(10)15-3-6-17-4-1-14-2-5-17/h7-8,14H,1-6H2,(H,15,16)(H,18,19). The summed E-state index contributed by atoms with van der Waals surface area (Å²) in [7, 11) is 0. The van der Waals surface area contributed by atoms with Gasteiger partial charge in [0, 0.05) is 45.5 Å². The molecule has 104 valence electrons. The zero-order valence-corrected chi connectivity index (χ0v) is 11.3. The fourth-order valence-electron chi connectivity index (χ4n) is 1.95. The molecule has 3 N–H and O–H groups in total. The van der Waals surface area contributed by atoms with Crippen LogP contribution in [0.2, 0.25) is 5.02 Å². The second-order valence-electron chi connectivity index (χ2n) is 4.38. The number of hydrogen-bond acceptors (Lipinski definition) is 5. The van der Waals surface area contributed by atoms with E-state index < -0.39 is 5.97 Å². The number of nitrogens with zero attached hydrogens (tertiary/aromatic N) is 2. The number of pyridine rings is 1. The summed E-state index contributed by atoms with van der Waals surface area (Å²) in [6.07, 6.45) is 1.31. The number of rotatable bonds is 5. The van der Waals surface area contributed by atoms with E-state index in [1.165, 1.54) is 12.3 Å². The Hall–Kier alpha value is -1.37. The van der Waals surface area contributed by atoms with E-state index in [9.17, 15) is 4.79 Å². The van der Waals surface area contributed by atoms with Gasteiger partial charge < -0.3 is 15.7 Å². The summed E-state index contributed by atoms with van der Waals surface area (Å²) >= 11 is 5.98. The molecule has 1 aromatic rings. The van der Waals surface area contributed by atoms with E-state index in [4.69, 9.17) is 16.7 Å². The minimum atomic E-state index is -1.03. The van der Waals surface area contributed by atoms with Crippen molar-refractivity contribution in [2.75, 3.05) is 44.6 Å². The predicted octanol–water partition coefficient (Wildman–Crippen LogP) is 0.750. The molecule has 1 aromatic heterocycles. The van der Waals surface area contributed by atoms with E-state index in [1.807, 2.05) is 0 Å². The highest BCUT2D eigenvalue weighted by Gasteiger charge is 2.10. The van der Waals surface area contributed by atoms with Crippen LogP contribution in [-0.4, -0.2) is 60.2 Å². The van der Waals surface area contributed by atoms with Crippen LogP contribution in [0.25, 0.3) is 0 Å². The van der Waals surface area contributed by atoms with Crippen LogP contribution < -0.4 is 10.6 Å². The molecule has 19 heavy (non-hydrogen) atoms.